The molecule has 5 fully saturated rings. The van der Waals surface area contributed by atoms with Crippen molar-refractivity contribution in [1.82, 2.24) is 5.32 Å². The summed E-state index contributed by atoms with van der Waals surface area (Å²) in [6.07, 6.45) is 7.48. The van der Waals surface area contributed by atoms with Crippen LogP contribution in [0.5, 0.6) is 0 Å². The van der Waals surface area contributed by atoms with Crippen molar-refractivity contribution in [3.8, 4) is 0 Å². The summed E-state index contributed by atoms with van der Waals surface area (Å²) in [4.78, 5) is 27.7. The molecule has 4 aliphatic carbocycles. The Morgan fingerprint density at radius 3 is 2.37 bits per heavy atom. The fraction of sp³-hybridized carbons (Fsp3) is 0.667. The van der Waals surface area contributed by atoms with Crippen LogP contribution in [0.1, 0.15) is 44.9 Å². The molecule has 1 heterocycles. The number of hydrogen-bond acceptors (Lipinski definition) is 4. The number of nitrogens with zero attached hydrogens (tertiary/aromatic N) is 1. The van der Waals surface area contributed by atoms with Gasteiger partial charge in [-0.05, 0) is 74.5 Å². The number of morpholine rings is 1. The number of carbonyl (C=O) groups excluding carboxylic acids is 2. The molecular weight excluding hydrogens is 378 g/mol. The van der Waals surface area contributed by atoms with Crippen LogP contribution >= 0.6 is 0 Å². The Balaban J connectivity index is 1.11. The summed E-state index contributed by atoms with van der Waals surface area (Å²) in [6.45, 7) is 3.62. The van der Waals surface area contributed by atoms with Crippen molar-refractivity contribution in [2.24, 2.45) is 23.2 Å². The third-order valence-electron chi connectivity index (χ3n) is 7.66. The zero-order chi connectivity index (χ0) is 20.6. The number of nitrogens with one attached hydrogen (secondary N) is 2. The van der Waals surface area contributed by atoms with E-state index < -0.39 is 0 Å². The number of carbonyl (C=O) groups is 2. The lowest BCUT2D eigenvalue weighted by Crippen LogP contribution is -2.53. The number of hydrogen-bond donors (Lipinski definition) is 2. The smallest absolute Gasteiger partial charge is 0.226 e. The topological polar surface area (TPSA) is 70.7 Å². The second kappa shape index (κ2) is 8.22. The van der Waals surface area contributed by atoms with Crippen LogP contribution in [-0.4, -0.2) is 44.7 Å². The minimum atomic E-state index is -0.141. The Morgan fingerprint density at radius 2 is 1.70 bits per heavy atom. The lowest BCUT2D eigenvalue weighted by atomic mass is 9.49. The van der Waals surface area contributed by atoms with Gasteiger partial charge in [-0.15, -0.1) is 0 Å². The zero-order valence-corrected chi connectivity index (χ0v) is 17.7. The number of ether oxygens (including phenoxy) is 1. The number of rotatable bonds is 6. The fourth-order valence-electron chi connectivity index (χ4n) is 6.69. The van der Waals surface area contributed by atoms with E-state index in [1.54, 1.807) is 0 Å². The molecule has 2 amide bonds. The van der Waals surface area contributed by atoms with Crippen LogP contribution in [0.25, 0.3) is 0 Å². The summed E-state index contributed by atoms with van der Waals surface area (Å²) in [5.74, 6) is 2.40. The van der Waals surface area contributed by atoms with Crippen LogP contribution in [0, 0.1) is 23.2 Å². The molecule has 6 rings (SSSR count). The first-order chi connectivity index (χ1) is 14.6. The maximum absolute atomic E-state index is 13.0. The van der Waals surface area contributed by atoms with E-state index in [9.17, 15) is 9.59 Å². The predicted molar refractivity (Wildman–Crippen MR) is 116 cm³/mol. The Labute approximate surface area is 178 Å². The number of amides is 2. The van der Waals surface area contributed by atoms with Crippen LogP contribution in [0.4, 0.5) is 11.4 Å². The van der Waals surface area contributed by atoms with E-state index >= 15 is 0 Å². The summed E-state index contributed by atoms with van der Waals surface area (Å²) < 4.78 is 5.41. The van der Waals surface area contributed by atoms with Gasteiger partial charge in [0.05, 0.1) is 13.2 Å². The van der Waals surface area contributed by atoms with E-state index in [0.29, 0.717) is 13.0 Å². The molecular formula is C24H33N3O3. The fourth-order valence-corrected chi connectivity index (χ4v) is 6.69. The summed E-state index contributed by atoms with van der Waals surface area (Å²) >= 11 is 0. The van der Waals surface area contributed by atoms with Crippen LogP contribution in [0.2, 0.25) is 0 Å². The monoisotopic (exact) mass is 411 g/mol. The average molecular weight is 412 g/mol. The molecule has 0 spiro atoms. The van der Waals surface area contributed by atoms with Crippen molar-refractivity contribution < 1.29 is 14.3 Å². The van der Waals surface area contributed by atoms with Crippen LogP contribution < -0.4 is 15.5 Å². The van der Waals surface area contributed by atoms with Gasteiger partial charge in [0.25, 0.3) is 0 Å². The molecule has 0 atom stereocenters. The minimum Gasteiger partial charge on any atom is -0.378 e. The van der Waals surface area contributed by atoms with E-state index in [1.165, 1.54) is 19.3 Å². The van der Waals surface area contributed by atoms with Crippen molar-refractivity contribution in [2.75, 3.05) is 43.1 Å². The standard InChI is InChI=1S/C24H33N3O3/c28-22(26-20-2-1-3-21(13-20)27-6-8-30-9-7-27)4-5-25-23(29)24-14-17-10-18(15-24)12-19(11-17)16-24/h1-3,13,17-19H,4-12,14-16H2,(H,25,29)(H,26,28). The van der Waals surface area contributed by atoms with Gasteiger partial charge in [-0.3, -0.25) is 9.59 Å². The van der Waals surface area contributed by atoms with Gasteiger partial charge in [-0.2, -0.15) is 0 Å². The van der Waals surface area contributed by atoms with Crippen molar-refractivity contribution in [3.05, 3.63) is 24.3 Å². The summed E-state index contributed by atoms with van der Waals surface area (Å²) in [5.41, 5.74) is 1.76. The second-order valence-electron chi connectivity index (χ2n) is 9.90. The van der Waals surface area contributed by atoms with Gasteiger partial charge in [-0.1, -0.05) is 6.07 Å². The quantitative estimate of drug-likeness (QED) is 0.754. The van der Waals surface area contributed by atoms with E-state index in [2.05, 4.69) is 21.6 Å². The van der Waals surface area contributed by atoms with E-state index in [4.69, 9.17) is 4.74 Å². The molecule has 1 aromatic carbocycles. The third kappa shape index (κ3) is 4.07. The van der Waals surface area contributed by atoms with Gasteiger partial charge in [-0.25, -0.2) is 0 Å². The van der Waals surface area contributed by atoms with Crippen molar-refractivity contribution in [2.45, 2.75) is 44.9 Å². The van der Waals surface area contributed by atoms with Crippen LogP contribution in [0.15, 0.2) is 24.3 Å². The van der Waals surface area contributed by atoms with Gasteiger partial charge in [0.15, 0.2) is 0 Å². The summed E-state index contributed by atoms with van der Waals surface area (Å²) in [7, 11) is 0. The maximum atomic E-state index is 13.0. The Bertz CT molecular complexity index is 767. The lowest BCUT2D eigenvalue weighted by Gasteiger charge is -2.55. The van der Waals surface area contributed by atoms with Gasteiger partial charge >= 0.3 is 0 Å². The molecule has 4 saturated carbocycles. The summed E-state index contributed by atoms with van der Waals surface area (Å²) in [6, 6.07) is 7.95. The van der Waals surface area contributed by atoms with Crippen LogP contribution in [0.3, 0.4) is 0 Å². The highest BCUT2D eigenvalue weighted by Gasteiger charge is 2.54. The van der Waals surface area contributed by atoms with Crippen molar-refractivity contribution >= 4 is 23.2 Å². The molecule has 30 heavy (non-hydrogen) atoms. The molecule has 2 N–H and O–H groups in total. The third-order valence-corrected chi connectivity index (χ3v) is 7.66. The molecule has 6 heteroatoms. The first-order valence-corrected chi connectivity index (χ1v) is 11.6. The minimum absolute atomic E-state index is 0.0556. The highest BCUT2D eigenvalue weighted by atomic mass is 16.5. The molecule has 1 aliphatic heterocycles. The molecule has 6 nitrogen and oxygen atoms in total. The van der Waals surface area contributed by atoms with E-state index in [1.807, 2.05) is 18.2 Å². The highest BCUT2D eigenvalue weighted by molar-refractivity contribution is 5.92. The molecule has 1 aromatic rings. The summed E-state index contributed by atoms with van der Waals surface area (Å²) in [5, 5.41) is 6.08. The molecule has 1 saturated heterocycles. The molecule has 5 aliphatic rings. The maximum Gasteiger partial charge on any atom is 0.226 e. The normalized spacial score (nSPS) is 32.1. The zero-order valence-electron chi connectivity index (χ0n) is 17.7. The average Bonchev–Trinajstić information content (AvgIpc) is 2.73. The predicted octanol–water partition coefficient (Wildman–Crippen LogP) is 3.18. The van der Waals surface area contributed by atoms with Crippen molar-refractivity contribution in [1.29, 1.82) is 0 Å². The second-order valence-corrected chi connectivity index (χ2v) is 9.90. The largest absolute Gasteiger partial charge is 0.378 e. The van der Waals surface area contributed by atoms with Gasteiger partial charge in [0.1, 0.15) is 0 Å². The van der Waals surface area contributed by atoms with Crippen LogP contribution in [-0.2, 0) is 14.3 Å². The van der Waals surface area contributed by atoms with E-state index in [-0.39, 0.29) is 17.2 Å². The SMILES string of the molecule is O=C(CCNC(=O)C12CC3CC(CC(C3)C1)C2)Nc1cccc(N2CCOCC2)c1. The molecule has 162 valence electrons. The Morgan fingerprint density at radius 1 is 1.03 bits per heavy atom. The number of benzene rings is 1. The first-order valence-electron chi connectivity index (χ1n) is 11.6. The Hall–Kier alpha value is -2.08. The molecule has 0 radical (unpaired) electrons. The van der Waals surface area contributed by atoms with Gasteiger partial charge in [0.2, 0.25) is 11.8 Å². The van der Waals surface area contributed by atoms with Crippen molar-refractivity contribution in [3.63, 3.8) is 0 Å². The number of anilines is 2. The first kappa shape index (κ1) is 19.9. The Kier molecular flexibility index (Phi) is 5.44. The highest BCUT2D eigenvalue weighted by Crippen LogP contribution is 2.60. The van der Waals surface area contributed by atoms with E-state index in [0.717, 1.165) is 74.7 Å². The molecule has 0 aromatic heterocycles. The van der Waals surface area contributed by atoms with Gasteiger partial charge < -0.3 is 20.3 Å². The van der Waals surface area contributed by atoms with Gasteiger partial charge in [0, 0.05) is 42.8 Å². The molecule has 4 bridgehead atoms. The molecule has 0 unspecified atom stereocenters. The lowest BCUT2D eigenvalue weighted by molar-refractivity contribution is -0.146.